The number of hydrogen-bond donors (Lipinski definition) is 2. The molecule has 1 heterocycles. The van der Waals surface area contributed by atoms with Crippen molar-refractivity contribution in [1.82, 2.24) is 5.43 Å². The van der Waals surface area contributed by atoms with Crippen LogP contribution >= 0.6 is 0 Å². The van der Waals surface area contributed by atoms with Gasteiger partial charge in [-0.3, -0.25) is 0 Å². The lowest BCUT2D eigenvalue weighted by Gasteiger charge is -2.46. The van der Waals surface area contributed by atoms with Gasteiger partial charge in [-0.05, 0) is 33.3 Å². The summed E-state index contributed by atoms with van der Waals surface area (Å²) in [6.45, 7) is 7.74. The number of urea groups is 1. The lowest BCUT2D eigenvalue weighted by atomic mass is 9.89. The molecule has 0 saturated carbocycles. The van der Waals surface area contributed by atoms with Crippen LogP contribution in [0.5, 0.6) is 0 Å². The standard InChI is InChI=1S/C15H21N3O4/c1-14(2)15(3,4)22-21-12(20-14)11-7-5-10(6-8-11)9-17-18-13(16)19/h5-9,12H,1-4H3,(H3,16,18,19). The molecule has 1 aliphatic rings. The van der Waals surface area contributed by atoms with Gasteiger partial charge in [0, 0.05) is 5.56 Å². The van der Waals surface area contributed by atoms with E-state index in [2.05, 4.69) is 10.5 Å². The van der Waals surface area contributed by atoms with Crippen molar-refractivity contribution < 1.29 is 19.3 Å². The van der Waals surface area contributed by atoms with Gasteiger partial charge in [-0.2, -0.15) is 9.99 Å². The number of rotatable bonds is 3. The zero-order chi connectivity index (χ0) is 16.4. The highest BCUT2D eigenvalue weighted by Crippen LogP contribution is 2.40. The van der Waals surface area contributed by atoms with E-state index < -0.39 is 23.5 Å². The fourth-order valence-electron chi connectivity index (χ4n) is 1.73. The van der Waals surface area contributed by atoms with Crippen molar-refractivity contribution in [3.05, 3.63) is 35.4 Å². The minimum absolute atomic E-state index is 0.499. The van der Waals surface area contributed by atoms with E-state index in [-0.39, 0.29) is 0 Å². The first kappa shape index (κ1) is 16.4. The molecule has 1 aromatic carbocycles. The lowest BCUT2D eigenvalue weighted by molar-refractivity contribution is -0.504. The number of nitrogens with one attached hydrogen (secondary N) is 1. The van der Waals surface area contributed by atoms with E-state index in [1.807, 2.05) is 52.0 Å². The molecule has 1 fully saturated rings. The Morgan fingerprint density at radius 3 is 2.41 bits per heavy atom. The minimum Gasteiger partial charge on any atom is -0.350 e. The molecule has 1 atom stereocenters. The summed E-state index contributed by atoms with van der Waals surface area (Å²) in [7, 11) is 0. The van der Waals surface area contributed by atoms with E-state index in [4.69, 9.17) is 20.2 Å². The molecule has 1 unspecified atom stereocenters. The molecule has 1 saturated heterocycles. The van der Waals surface area contributed by atoms with Crippen molar-refractivity contribution in [2.24, 2.45) is 10.8 Å². The number of ether oxygens (including phenoxy) is 1. The molecule has 7 heteroatoms. The van der Waals surface area contributed by atoms with Crippen LogP contribution in [0.3, 0.4) is 0 Å². The van der Waals surface area contributed by atoms with E-state index in [0.717, 1.165) is 11.1 Å². The normalized spacial score (nSPS) is 23.4. The molecule has 1 aliphatic heterocycles. The van der Waals surface area contributed by atoms with Crippen LogP contribution in [0.4, 0.5) is 4.79 Å². The van der Waals surface area contributed by atoms with Gasteiger partial charge in [-0.15, -0.1) is 0 Å². The van der Waals surface area contributed by atoms with Crippen LogP contribution in [0.25, 0.3) is 0 Å². The summed E-state index contributed by atoms with van der Waals surface area (Å²) in [5, 5.41) is 3.69. The summed E-state index contributed by atoms with van der Waals surface area (Å²) >= 11 is 0. The van der Waals surface area contributed by atoms with Gasteiger partial charge in [0.15, 0.2) is 0 Å². The summed E-state index contributed by atoms with van der Waals surface area (Å²) in [5.41, 5.74) is 7.62. The molecule has 0 bridgehead atoms. The Hall–Kier alpha value is -1.96. The SMILES string of the molecule is CC1(C)OOC(c2ccc(C=NNC(N)=O)cc2)OC1(C)C. The monoisotopic (exact) mass is 307 g/mol. The molecule has 0 aromatic heterocycles. The van der Waals surface area contributed by atoms with Crippen molar-refractivity contribution in [2.45, 2.75) is 45.2 Å². The van der Waals surface area contributed by atoms with Crippen molar-refractivity contribution in [3.8, 4) is 0 Å². The molecule has 2 amide bonds. The van der Waals surface area contributed by atoms with Gasteiger partial charge < -0.3 is 10.5 Å². The fraction of sp³-hybridized carbons (Fsp3) is 0.467. The molecule has 0 spiro atoms. The Balaban J connectivity index is 2.05. The van der Waals surface area contributed by atoms with Gasteiger partial charge in [-0.1, -0.05) is 24.3 Å². The maximum absolute atomic E-state index is 10.5. The number of nitrogens with zero attached hydrogens (tertiary/aromatic N) is 1. The Labute approximate surface area is 129 Å². The smallest absolute Gasteiger partial charge is 0.332 e. The van der Waals surface area contributed by atoms with Gasteiger partial charge in [-0.25, -0.2) is 15.1 Å². The zero-order valence-corrected chi connectivity index (χ0v) is 13.1. The largest absolute Gasteiger partial charge is 0.350 e. The van der Waals surface area contributed by atoms with Gasteiger partial charge in [0.05, 0.1) is 11.8 Å². The van der Waals surface area contributed by atoms with Crippen LogP contribution in [-0.2, 0) is 14.5 Å². The Morgan fingerprint density at radius 2 is 1.86 bits per heavy atom. The summed E-state index contributed by atoms with van der Waals surface area (Å²) in [6.07, 6.45) is 0.887. The van der Waals surface area contributed by atoms with Crippen LogP contribution in [0.2, 0.25) is 0 Å². The first-order valence-electron chi connectivity index (χ1n) is 6.92. The van der Waals surface area contributed by atoms with E-state index in [1.54, 1.807) is 0 Å². The fourth-order valence-corrected chi connectivity index (χ4v) is 1.73. The third kappa shape index (κ3) is 3.62. The lowest BCUT2D eigenvalue weighted by Crippen LogP contribution is -2.53. The zero-order valence-electron chi connectivity index (χ0n) is 13.1. The van der Waals surface area contributed by atoms with Crippen LogP contribution in [-0.4, -0.2) is 23.4 Å². The van der Waals surface area contributed by atoms with Gasteiger partial charge >= 0.3 is 6.03 Å². The second kappa shape index (κ2) is 6.04. The molecule has 7 nitrogen and oxygen atoms in total. The van der Waals surface area contributed by atoms with Gasteiger partial charge in [0.1, 0.15) is 5.60 Å². The second-order valence-electron chi connectivity index (χ2n) is 6.05. The third-order valence-electron chi connectivity index (χ3n) is 3.79. The number of carbonyl (C=O) groups is 1. The molecule has 22 heavy (non-hydrogen) atoms. The van der Waals surface area contributed by atoms with Crippen LogP contribution < -0.4 is 11.2 Å². The molecular weight excluding hydrogens is 286 g/mol. The van der Waals surface area contributed by atoms with Crippen LogP contribution in [0.15, 0.2) is 29.4 Å². The summed E-state index contributed by atoms with van der Waals surface area (Å²) in [4.78, 5) is 21.3. The van der Waals surface area contributed by atoms with Crippen LogP contribution in [0.1, 0.15) is 45.1 Å². The predicted octanol–water partition coefficient (Wildman–Crippen LogP) is 2.22. The predicted molar refractivity (Wildman–Crippen MR) is 80.9 cm³/mol. The van der Waals surface area contributed by atoms with Crippen molar-refractivity contribution in [2.75, 3.05) is 0 Å². The highest BCUT2D eigenvalue weighted by molar-refractivity contribution is 5.81. The number of hydrogen-bond acceptors (Lipinski definition) is 5. The first-order chi connectivity index (χ1) is 10.2. The molecule has 0 radical (unpaired) electrons. The highest BCUT2D eigenvalue weighted by Gasteiger charge is 2.47. The summed E-state index contributed by atoms with van der Waals surface area (Å²) in [6, 6.07) is 6.61. The van der Waals surface area contributed by atoms with Gasteiger partial charge in [0.2, 0.25) is 6.29 Å². The first-order valence-corrected chi connectivity index (χ1v) is 6.92. The third-order valence-corrected chi connectivity index (χ3v) is 3.79. The Morgan fingerprint density at radius 1 is 1.23 bits per heavy atom. The highest BCUT2D eigenvalue weighted by atomic mass is 17.2. The molecule has 120 valence electrons. The molecule has 2 rings (SSSR count). The van der Waals surface area contributed by atoms with Crippen molar-refractivity contribution in [1.29, 1.82) is 0 Å². The minimum atomic E-state index is -0.709. The molecule has 0 aliphatic carbocycles. The topological polar surface area (TPSA) is 95.2 Å². The average molecular weight is 307 g/mol. The number of hydrazone groups is 1. The molecular formula is C15H21N3O4. The van der Waals surface area contributed by atoms with E-state index >= 15 is 0 Å². The van der Waals surface area contributed by atoms with Crippen molar-refractivity contribution in [3.63, 3.8) is 0 Å². The quantitative estimate of drug-likeness (QED) is 0.508. The number of carbonyl (C=O) groups excluding carboxylic acids is 1. The number of nitrogens with two attached hydrogens (primary N) is 1. The van der Waals surface area contributed by atoms with Crippen molar-refractivity contribution >= 4 is 12.2 Å². The van der Waals surface area contributed by atoms with E-state index in [1.165, 1.54) is 6.21 Å². The maximum Gasteiger partial charge on any atom is 0.332 e. The summed E-state index contributed by atoms with van der Waals surface area (Å²) in [5.74, 6) is 0. The number of amides is 2. The maximum atomic E-state index is 10.5. The van der Waals surface area contributed by atoms with E-state index in [9.17, 15) is 4.79 Å². The Bertz CT molecular complexity index is 567. The number of benzene rings is 1. The number of primary amides is 1. The summed E-state index contributed by atoms with van der Waals surface area (Å²) < 4.78 is 5.97. The van der Waals surface area contributed by atoms with Gasteiger partial charge in [0.25, 0.3) is 0 Å². The van der Waals surface area contributed by atoms with Crippen LogP contribution in [0, 0.1) is 0 Å². The molecule has 3 N–H and O–H groups in total. The Kier molecular flexibility index (Phi) is 4.50. The van der Waals surface area contributed by atoms with E-state index in [0.29, 0.717) is 0 Å². The second-order valence-corrected chi connectivity index (χ2v) is 6.05. The average Bonchev–Trinajstić information content (AvgIpc) is 2.42. The molecule has 1 aromatic rings.